The molecule has 0 amide bonds. The summed E-state index contributed by atoms with van der Waals surface area (Å²) in [4.78, 5) is 0. The van der Waals surface area contributed by atoms with Crippen molar-refractivity contribution < 1.29 is 13.9 Å². The summed E-state index contributed by atoms with van der Waals surface area (Å²) in [7, 11) is 0. The standard InChI is InChI=1S/C17H15FN2O2/c18-14-4-1-12(2-5-14)7-8-20-15(10-19)13-3-6-16-17(9-13)22-11-21-16/h1-6,9,15,20H,7-8,11H2. The fourth-order valence-corrected chi connectivity index (χ4v) is 2.34. The molecule has 0 saturated heterocycles. The maximum Gasteiger partial charge on any atom is 0.231 e. The molecule has 2 aromatic rings. The summed E-state index contributed by atoms with van der Waals surface area (Å²) >= 11 is 0. The van der Waals surface area contributed by atoms with Gasteiger partial charge in [0.05, 0.1) is 6.07 Å². The molecule has 1 aliphatic heterocycles. The highest BCUT2D eigenvalue weighted by Crippen LogP contribution is 2.34. The number of benzene rings is 2. The second-order valence-corrected chi connectivity index (χ2v) is 5.01. The summed E-state index contributed by atoms with van der Waals surface area (Å²) in [5, 5.41) is 12.5. The lowest BCUT2D eigenvalue weighted by molar-refractivity contribution is 0.174. The van der Waals surface area contributed by atoms with Crippen LogP contribution in [0, 0.1) is 17.1 Å². The van der Waals surface area contributed by atoms with Gasteiger partial charge in [-0.25, -0.2) is 4.39 Å². The molecule has 5 heteroatoms. The number of nitrogens with one attached hydrogen (secondary N) is 1. The van der Waals surface area contributed by atoms with Crippen LogP contribution in [0.25, 0.3) is 0 Å². The normalized spacial score (nSPS) is 13.6. The van der Waals surface area contributed by atoms with Crippen molar-refractivity contribution in [3.05, 3.63) is 59.4 Å². The van der Waals surface area contributed by atoms with Crippen molar-refractivity contribution >= 4 is 0 Å². The Kier molecular flexibility index (Phi) is 4.22. The molecule has 1 heterocycles. The highest BCUT2D eigenvalue weighted by molar-refractivity contribution is 5.46. The van der Waals surface area contributed by atoms with Gasteiger partial charge in [0, 0.05) is 6.54 Å². The van der Waals surface area contributed by atoms with Gasteiger partial charge in [-0.05, 0) is 41.8 Å². The first-order chi connectivity index (χ1) is 10.8. The Labute approximate surface area is 128 Å². The number of hydrogen-bond acceptors (Lipinski definition) is 4. The lowest BCUT2D eigenvalue weighted by atomic mass is 10.1. The van der Waals surface area contributed by atoms with Gasteiger partial charge in [0.25, 0.3) is 0 Å². The molecule has 112 valence electrons. The number of fused-ring (bicyclic) bond motifs is 1. The predicted molar refractivity (Wildman–Crippen MR) is 79.0 cm³/mol. The van der Waals surface area contributed by atoms with Crippen LogP contribution in [0.5, 0.6) is 11.5 Å². The van der Waals surface area contributed by atoms with Gasteiger partial charge >= 0.3 is 0 Å². The quantitative estimate of drug-likeness (QED) is 0.922. The van der Waals surface area contributed by atoms with Gasteiger partial charge in [-0.3, -0.25) is 5.32 Å². The molecule has 1 N–H and O–H groups in total. The zero-order chi connectivity index (χ0) is 15.4. The van der Waals surface area contributed by atoms with Crippen molar-refractivity contribution in [2.45, 2.75) is 12.5 Å². The smallest absolute Gasteiger partial charge is 0.231 e. The molecular formula is C17H15FN2O2. The van der Waals surface area contributed by atoms with Crippen LogP contribution in [0.3, 0.4) is 0 Å². The largest absolute Gasteiger partial charge is 0.454 e. The van der Waals surface area contributed by atoms with Crippen LogP contribution in [-0.2, 0) is 6.42 Å². The molecule has 0 aromatic heterocycles. The number of halogens is 1. The number of rotatable bonds is 5. The number of hydrogen-bond donors (Lipinski definition) is 1. The van der Waals surface area contributed by atoms with Crippen molar-refractivity contribution in [3.8, 4) is 17.6 Å². The number of ether oxygens (including phenoxy) is 2. The zero-order valence-electron chi connectivity index (χ0n) is 11.9. The lowest BCUT2D eigenvalue weighted by Gasteiger charge is -2.12. The summed E-state index contributed by atoms with van der Waals surface area (Å²) in [6.45, 7) is 0.840. The minimum Gasteiger partial charge on any atom is -0.454 e. The Morgan fingerprint density at radius 1 is 1.14 bits per heavy atom. The van der Waals surface area contributed by atoms with Crippen LogP contribution in [0.2, 0.25) is 0 Å². The minimum absolute atomic E-state index is 0.216. The third kappa shape index (κ3) is 3.18. The first kappa shape index (κ1) is 14.4. The average molecular weight is 298 g/mol. The maximum absolute atomic E-state index is 12.8. The fraction of sp³-hybridized carbons (Fsp3) is 0.235. The first-order valence-electron chi connectivity index (χ1n) is 7.03. The van der Waals surface area contributed by atoms with E-state index in [9.17, 15) is 9.65 Å². The van der Waals surface area contributed by atoms with E-state index in [1.807, 2.05) is 18.2 Å². The molecule has 0 saturated carbocycles. The fourth-order valence-electron chi connectivity index (χ4n) is 2.34. The molecule has 3 rings (SSSR count). The SMILES string of the molecule is N#CC(NCCc1ccc(F)cc1)c1ccc2c(c1)OCO2. The highest BCUT2D eigenvalue weighted by atomic mass is 19.1. The Morgan fingerprint density at radius 3 is 2.68 bits per heavy atom. The Bertz CT molecular complexity index is 695. The van der Waals surface area contributed by atoms with E-state index in [1.165, 1.54) is 12.1 Å². The molecule has 1 atom stereocenters. The van der Waals surface area contributed by atoms with E-state index in [1.54, 1.807) is 12.1 Å². The van der Waals surface area contributed by atoms with Crippen molar-refractivity contribution in [1.29, 1.82) is 5.26 Å². The third-order valence-corrected chi connectivity index (χ3v) is 3.53. The highest BCUT2D eigenvalue weighted by Gasteiger charge is 2.17. The Morgan fingerprint density at radius 2 is 1.91 bits per heavy atom. The Hall–Kier alpha value is -2.58. The van der Waals surface area contributed by atoms with Crippen molar-refractivity contribution in [2.75, 3.05) is 13.3 Å². The summed E-state index contributed by atoms with van der Waals surface area (Å²) in [6, 6.07) is 13.7. The van der Waals surface area contributed by atoms with Crippen LogP contribution < -0.4 is 14.8 Å². The van der Waals surface area contributed by atoms with Crippen LogP contribution in [-0.4, -0.2) is 13.3 Å². The molecule has 1 unspecified atom stereocenters. The molecule has 22 heavy (non-hydrogen) atoms. The lowest BCUT2D eigenvalue weighted by Crippen LogP contribution is -2.22. The number of nitrogens with zero attached hydrogens (tertiary/aromatic N) is 1. The van der Waals surface area contributed by atoms with E-state index < -0.39 is 6.04 Å². The summed E-state index contributed by atoms with van der Waals surface area (Å²) in [6.07, 6.45) is 0.725. The van der Waals surface area contributed by atoms with Gasteiger partial charge in [-0.2, -0.15) is 5.26 Å². The van der Waals surface area contributed by atoms with E-state index in [-0.39, 0.29) is 12.6 Å². The minimum atomic E-state index is -0.421. The van der Waals surface area contributed by atoms with Gasteiger partial charge in [0.1, 0.15) is 11.9 Å². The van der Waals surface area contributed by atoms with E-state index in [0.29, 0.717) is 18.0 Å². The van der Waals surface area contributed by atoms with Crippen molar-refractivity contribution in [2.24, 2.45) is 0 Å². The van der Waals surface area contributed by atoms with E-state index in [2.05, 4.69) is 11.4 Å². The van der Waals surface area contributed by atoms with Gasteiger partial charge in [-0.15, -0.1) is 0 Å². The topological polar surface area (TPSA) is 54.3 Å². The van der Waals surface area contributed by atoms with Crippen molar-refractivity contribution in [3.63, 3.8) is 0 Å². The van der Waals surface area contributed by atoms with E-state index in [0.717, 1.165) is 17.5 Å². The van der Waals surface area contributed by atoms with Crippen molar-refractivity contribution in [1.82, 2.24) is 5.32 Å². The summed E-state index contributed by atoms with van der Waals surface area (Å²) in [5.74, 6) is 1.12. The predicted octanol–water partition coefficient (Wildman–Crippen LogP) is 2.95. The molecule has 1 aliphatic rings. The van der Waals surface area contributed by atoms with Crippen LogP contribution in [0.15, 0.2) is 42.5 Å². The second-order valence-electron chi connectivity index (χ2n) is 5.01. The molecule has 0 radical (unpaired) electrons. The van der Waals surface area contributed by atoms with E-state index in [4.69, 9.17) is 9.47 Å². The van der Waals surface area contributed by atoms with Gasteiger partial charge < -0.3 is 9.47 Å². The monoisotopic (exact) mass is 298 g/mol. The first-order valence-corrected chi connectivity index (χ1v) is 7.03. The molecule has 0 bridgehead atoms. The van der Waals surface area contributed by atoms with Gasteiger partial charge in [-0.1, -0.05) is 18.2 Å². The second kappa shape index (κ2) is 6.46. The maximum atomic E-state index is 12.8. The van der Waals surface area contributed by atoms with Crippen LogP contribution >= 0.6 is 0 Å². The average Bonchev–Trinajstić information content (AvgIpc) is 3.01. The van der Waals surface area contributed by atoms with Crippen LogP contribution in [0.1, 0.15) is 17.2 Å². The molecule has 2 aromatic carbocycles. The summed E-state index contributed by atoms with van der Waals surface area (Å²) in [5.41, 5.74) is 1.86. The molecule has 0 fully saturated rings. The van der Waals surface area contributed by atoms with Gasteiger partial charge in [0.15, 0.2) is 11.5 Å². The number of nitriles is 1. The van der Waals surface area contributed by atoms with Crippen LogP contribution in [0.4, 0.5) is 4.39 Å². The molecular weight excluding hydrogens is 283 g/mol. The molecule has 0 aliphatic carbocycles. The molecule has 0 spiro atoms. The third-order valence-electron chi connectivity index (χ3n) is 3.53. The Balaban J connectivity index is 1.60. The molecule has 4 nitrogen and oxygen atoms in total. The van der Waals surface area contributed by atoms with Gasteiger partial charge in [0.2, 0.25) is 6.79 Å². The zero-order valence-corrected chi connectivity index (χ0v) is 11.9. The summed E-state index contributed by atoms with van der Waals surface area (Å²) < 4.78 is 23.4. The van der Waals surface area contributed by atoms with E-state index >= 15 is 0 Å².